The van der Waals surface area contributed by atoms with E-state index >= 15 is 0 Å². The van der Waals surface area contributed by atoms with Crippen molar-refractivity contribution in [3.8, 4) is 6.07 Å². The molecule has 2 heterocycles. The van der Waals surface area contributed by atoms with Gasteiger partial charge in [0.25, 0.3) is 5.69 Å². The van der Waals surface area contributed by atoms with Gasteiger partial charge < -0.3 is 15.4 Å². The van der Waals surface area contributed by atoms with Crippen LogP contribution in [-0.2, 0) is 4.74 Å². The second-order valence-corrected chi connectivity index (χ2v) is 8.15. The molecule has 164 valence electrons. The van der Waals surface area contributed by atoms with Gasteiger partial charge in [-0.3, -0.25) is 10.1 Å². The molecule has 1 unspecified atom stereocenters. The second kappa shape index (κ2) is 9.30. The van der Waals surface area contributed by atoms with Crippen molar-refractivity contribution in [3.63, 3.8) is 0 Å². The van der Waals surface area contributed by atoms with Gasteiger partial charge in [-0.05, 0) is 37.5 Å². The second-order valence-electron chi connectivity index (χ2n) is 8.15. The minimum absolute atomic E-state index is 0.0585. The van der Waals surface area contributed by atoms with Gasteiger partial charge in [-0.1, -0.05) is 30.3 Å². The van der Waals surface area contributed by atoms with E-state index in [2.05, 4.69) is 40.7 Å². The molecule has 3 aromatic rings. The lowest BCUT2D eigenvalue weighted by molar-refractivity contribution is -0.384. The first kappa shape index (κ1) is 21.7. The number of fused-ring (bicyclic) bond motifs is 1. The molecule has 8 heteroatoms. The molecule has 1 atom stereocenters. The fraction of sp³-hybridized carbons (Fsp3) is 0.333. The Hall–Kier alpha value is -3.54. The van der Waals surface area contributed by atoms with Gasteiger partial charge in [0, 0.05) is 48.9 Å². The summed E-state index contributed by atoms with van der Waals surface area (Å²) in [5, 5.41) is 28.4. The Balaban J connectivity index is 1.57. The molecule has 1 fully saturated rings. The van der Waals surface area contributed by atoms with Crippen molar-refractivity contribution in [2.75, 3.05) is 25.1 Å². The van der Waals surface area contributed by atoms with Crippen LogP contribution in [0.2, 0.25) is 0 Å². The molecular formula is C24H25N5O3. The molecule has 0 radical (unpaired) electrons. The van der Waals surface area contributed by atoms with Gasteiger partial charge in [0.15, 0.2) is 0 Å². The standard InChI is InChI=1S/C24H25N5O3/c1-17(18-5-3-2-4-6-18)28-24(9-11-32-12-10-24)16-26-23-13-19(15-25)21-14-20(29(30)31)7-8-22(21)27-23/h2-8,13-14,17,28H,9-12,16H2,1H3,(H,26,27). The van der Waals surface area contributed by atoms with E-state index in [1.165, 1.54) is 17.7 Å². The number of nitrogens with one attached hydrogen (secondary N) is 2. The van der Waals surface area contributed by atoms with E-state index in [0.29, 0.717) is 42.0 Å². The van der Waals surface area contributed by atoms with Gasteiger partial charge in [-0.15, -0.1) is 0 Å². The van der Waals surface area contributed by atoms with Gasteiger partial charge in [0.05, 0.1) is 22.1 Å². The Morgan fingerprint density at radius 2 is 1.97 bits per heavy atom. The zero-order valence-electron chi connectivity index (χ0n) is 17.9. The van der Waals surface area contributed by atoms with Crippen molar-refractivity contribution in [1.29, 1.82) is 5.26 Å². The van der Waals surface area contributed by atoms with Crippen molar-refractivity contribution in [3.05, 3.63) is 75.8 Å². The van der Waals surface area contributed by atoms with Crippen LogP contribution in [0.3, 0.4) is 0 Å². The third-order valence-corrected chi connectivity index (χ3v) is 6.00. The average molecular weight is 431 g/mol. The number of nitro benzene ring substituents is 1. The molecule has 1 aliphatic rings. The number of aromatic nitrogens is 1. The predicted molar refractivity (Wildman–Crippen MR) is 122 cm³/mol. The first-order valence-corrected chi connectivity index (χ1v) is 10.6. The number of anilines is 1. The number of nitrogens with zero attached hydrogens (tertiary/aromatic N) is 3. The lowest BCUT2D eigenvalue weighted by Gasteiger charge is -2.40. The quantitative estimate of drug-likeness (QED) is 0.423. The lowest BCUT2D eigenvalue weighted by atomic mass is 9.88. The van der Waals surface area contributed by atoms with Crippen LogP contribution in [0.5, 0.6) is 0 Å². The van der Waals surface area contributed by atoms with E-state index in [0.717, 1.165) is 12.8 Å². The van der Waals surface area contributed by atoms with Crippen molar-refractivity contribution in [1.82, 2.24) is 10.3 Å². The Morgan fingerprint density at radius 1 is 1.22 bits per heavy atom. The molecule has 0 amide bonds. The molecule has 4 rings (SSSR count). The number of nitro groups is 1. The summed E-state index contributed by atoms with van der Waals surface area (Å²) in [6, 6.07) is 18.6. The summed E-state index contributed by atoms with van der Waals surface area (Å²) >= 11 is 0. The molecule has 0 bridgehead atoms. The van der Waals surface area contributed by atoms with Crippen LogP contribution >= 0.6 is 0 Å². The summed E-state index contributed by atoms with van der Waals surface area (Å²) in [6.45, 7) is 4.12. The predicted octanol–water partition coefficient (Wildman–Crippen LogP) is 4.33. The summed E-state index contributed by atoms with van der Waals surface area (Å²) in [7, 11) is 0. The summed E-state index contributed by atoms with van der Waals surface area (Å²) in [4.78, 5) is 15.2. The Bertz CT molecular complexity index is 1150. The largest absolute Gasteiger partial charge is 0.381 e. The molecule has 0 spiro atoms. The fourth-order valence-corrected chi connectivity index (χ4v) is 4.19. The highest BCUT2D eigenvalue weighted by molar-refractivity contribution is 5.88. The number of hydrogen-bond acceptors (Lipinski definition) is 7. The number of hydrogen-bond donors (Lipinski definition) is 2. The maximum absolute atomic E-state index is 11.1. The van der Waals surface area contributed by atoms with Crippen molar-refractivity contribution in [2.45, 2.75) is 31.3 Å². The number of nitriles is 1. The number of pyridine rings is 1. The highest BCUT2D eigenvalue weighted by Gasteiger charge is 2.34. The molecule has 1 saturated heterocycles. The maximum Gasteiger partial charge on any atom is 0.270 e. The van der Waals surface area contributed by atoms with Crippen molar-refractivity contribution >= 4 is 22.4 Å². The molecule has 2 N–H and O–H groups in total. The molecule has 0 saturated carbocycles. The van der Waals surface area contributed by atoms with Crippen molar-refractivity contribution in [2.24, 2.45) is 0 Å². The number of non-ortho nitro benzene ring substituents is 1. The highest BCUT2D eigenvalue weighted by atomic mass is 16.6. The van der Waals surface area contributed by atoms with Gasteiger partial charge in [-0.2, -0.15) is 5.26 Å². The average Bonchev–Trinajstić information content (AvgIpc) is 2.83. The molecule has 8 nitrogen and oxygen atoms in total. The molecule has 0 aliphatic carbocycles. The van der Waals surface area contributed by atoms with E-state index in [4.69, 9.17) is 4.74 Å². The highest BCUT2D eigenvalue weighted by Crippen LogP contribution is 2.28. The monoisotopic (exact) mass is 431 g/mol. The molecule has 1 aliphatic heterocycles. The lowest BCUT2D eigenvalue weighted by Crippen LogP contribution is -2.54. The summed E-state index contributed by atoms with van der Waals surface area (Å²) in [5.41, 5.74) is 1.87. The molecular weight excluding hydrogens is 406 g/mol. The first-order valence-electron chi connectivity index (χ1n) is 10.6. The number of ether oxygens (including phenoxy) is 1. The summed E-state index contributed by atoms with van der Waals surface area (Å²) < 4.78 is 5.61. The Kier molecular flexibility index (Phi) is 6.30. The van der Waals surface area contributed by atoms with E-state index < -0.39 is 4.92 Å². The summed E-state index contributed by atoms with van der Waals surface area (Å²) in [5.74, 6) is 0.572. The molecule has 2 aromatic carbocycles. The first-order chi connectivity index (χ1) is 15.5. The van der Waals surface area contributed by atoms with Crippen LogP contribution in [0.4, 0.5) is 11.5 Å². The minimum Gasteiger partial charge on any atom is -0.381 e. The van der Waals surface area contributed by atoms with Gasteiger partial charge in [-0.25, -0.2) is 4.98 Å². The minimum atomic E-state index is -0.471. The Labute approximate surface area is 186 Å². The normalized spacial score (nSPS) is 16.2. The van der Waals surface area contributed by atoms with Crippen LogP contribution < -0.4 is 10.6 Å². The van der Waals surface area contributed by atoms with Gasteiger partial charge >= 0.3 is 0 Å². The topological polar surface area (TPSA) is 113 Å². The van der Waals surface area contributed by atoms with Gasteiger partial charge in [0.1, 0.15) is 5.82 Å². The van der Waals surface area contributed by atoms with Crippen LogP contribution in [0.15, 0.2) is 54.6 Å². The summed E-state index contributed by atoms with van der Waals surface area (Å²) in [6.07, 6.45) is 1.70. The molecule has 32 heavy (non-hydrogen) atoms. The van der Waals surface area contributed by atoms with Crippen LogP contribution in [0.25, 0.3) is 10.9 Å². The van der Waals surface area contributed by atoms with E-state index in [9.17, 15) is 15.4 Å². The third kappa shape index (κ3) is 4.69. The van der Waals surface area contributed by atoms with E-state index in [1.807, 2.05) is 18.2 Å². The third-order valence-electron chi connectivity index (χ3n) is 6.00. The fourth-order valence-electron chi connectivity index (χ4n) is 4.19. The number of rotatable bonds is 7. The van der Waals surface area contributed by atoms with Crippen molar-refractivity contribution < 1.29 is 9.66 Å². The SMILES string of the molecule is CC(NC1(CNc2cc(C#N)c3cc([N+](=O)[O-])ccc3n2)CCOCC1)c1ccccc1. The van der Waals surface area contributed by atoms with Crippen LogP contribution in [0.1, 0.15) is 36.9 Å². The maximum atomic E-state index is 11.1. The zero-order valence-corrected chi connectivity index (χ0v) is 17.9. The van der Waals surface area contributed by atoms with E-state index in [-0.39, 0.29) is 17.3 Å². The number of benzene rings is 2. The van der Waals surface area contributed by atoms with E-state index in [1.54, 1.807) is 12.1 Å². The smallest absolute Gasteiger partial charge is 0.270 e. The van der Waals surface area contributed by atoms with Gasteiger partial charge in [0.2, 0.25) is 0 Å². The van der Waals surface area contributed by atoms with Crippen LogP contribution in [-0.4, -0.2) is 35.2 Å². The zero-order chi connectivity index (χ0) is 22.6. The Morgan fingerprint density at radius 3 is 2.66 bits per heavy atom. The molecule has 1 aromatic heterocycles. The van der Waals surface area contributed by atoms with Crippen LogP contribution in [0, 0.1) is 21.4 Å².